The Hall–Kier alpha value is -1.33. The van der Waals surface area contributed by atoms with E-state index in [9.17, 15) is 4.79 Å². The third-order valence-electron chi connectivity index (χ3n) is 2.30. The number of nitrogens with one attached hydrogen (secondary N) is 1. The van der Waals surface area contributed by atoms with Crippen LogP contribution in [0.2, 0.25) is 0 Å². The zero-order chi connectivity index (χ0) is 12.6. The first kappa shape index (κ1) is 13.1. The second-order valence-corrected chi connectivity index (χ2v) is 5.57. The fourth-order valence-corrected chi connectivity index (χ4v) is 2.98. The van der Waals surface area contributed by atoms with Gasteiger partial charge in [-0.3, -0.25) is 9.78 Å². The van der Waals surface area contributed by atoms with Crippen molar-refractivity contribution in [1.29, 1.82) is 0 Å². The van der Waals surface area contributed by atoms with Crippen molar-refractivity contribution in [2.24, 2.45) is 0 Å². The van der Waals surface area contributed by atoms with Crippen LogP contribution in [-0.2, 0) is 5.75 Å². The number of carbonyl (C=O) groups excluding carboxylic acids is 1. The fraction of sp³-hybridized carbons (Fsp3) is 0.231. The fourth-order valence-electron chi connectivity index (χ4n) is 1.40. The molecule has 5 heteroatoms. The van der Waals surface area contributed by atoms with E-state index in [0.717, 1.165) is 11.5 Å². The van der Waals surface area contributed by atoms with Crippen LogP contribution in [0.4, 0.5) is 0 Å². The Morgan fingerprint density at radius 3 is 3.11 bits per heavy atom. The Morgan fingerprint density at radius 1 is 1.44 bits per heavy atom. The third-order valence-corrected chi connectivity index (χ3v) is 4.07. The molecular formula is C13H14N2OS2. The molecule has 2 rings (SSSR count). The van der Waals surface area contributed by atoms with Crippen molar-refractivity contribution in [3.63, 3.8) is 0 Å². The Kier molecular flexibility index (Phi) is 5.23. The number of thiophene rings is 1. The number of amides is 1. The lowest BCUT2D eigenvalue weighted by molar-refractivity contribution is 0.0956. The van der Waals surface area contributed by atoms with E-state index in [-0.39, 0.29) is 5.91 Å². The standard InChI is InChI=1S/C13H14N2OS2/c16-13(12-2-1-4-14-8-12)15-5-7-18-10-11-3-6-17-9-11/h1-4,6,8-9H,5,7,10H2,(H,15,16). The molecule has 2 aromatic rings. The Labute approximate surface area is 115 Å². The maximum absolute atomic E-state index is 11.7. The summed E-state index contributed by atoms with van der Waals surface area (Å²) in [6, 6.07) is 5.66. The van der Waals surface area contributed by atoms with Crippen molar-refractivity contribution >= 4 is 29.0 Å². The molecule has 1 amide bonds. The zero-order valence-electron chi connectivity index (χ0n) is 9.83. The van der Waals surface area contributed by atoms with Crippen molar-refractivity contribution in [2.75, 3.05) is 12.3 Å². The number of aromatic nitrogens is 1. The largest absolute Gasteiger partial charge is 0.351 e. The molecule has 3 nitrogen and oxygen atoms in total. The summed E-state index contributed by atoms with van der Waals surface area (Å²) < 4.78 is 0. The maximum atomic E-state index is 11.7. The predicted octanol–water partition coefficient (Wildman–Crippen LogP) is 2.81. The molecule has 0 spiro atoms. The summed E-state index contributed by atoms with van der Waals surface area (Å²) >= 11 is 3.54. The zero-order valence-corrected chi connectivity index (χ0v) is 11.5. The summed E-state index contributed by atoms with van der Waals surface area (Å²) in [5, 5.41) is 7.12. The van der Waals surface area contributed by atoms with Crippen LogP contribution in [0, 0.1) is 0 Å². The van der Waals surface area contributed by atoms with E-state index in [0.29, 0.717) is 12.1 Å². The van der Waals surface area contributed by atoms with E-state index >= 15 is 0 Å². The molecule has 2 heterocycles. The van der Waals surface area contributed by atoms with Crippen LogP contribution < -0.4 is 5.32 Å². The average Bonchev–Trinajstić information content (AvgIpc) is 2.92. The lowest BCUT2D eigenvalue weighted by Crippen LogP contribution is -2.25. The minimum Gasteiger partial charge on any atom is -0.351 e. The molecule has 0 unspecified atom stereocenters. The lowest BCUT2D eigenvalue weighted by Gasteiger charge is -2.04. The lowest BCUT2D eigenvalue weighted by atomic mass is 10.3. The van der Waals surface area contributed by atoms with Crippen molar-refractivity contribution < 1.29 is 4.79 Å². The maximum Gasteiger partial charge on any atom is 0.252 e. The van der Waals surface area contributed by atoms with Gasteiger partial charge in [-0.25, -0.2) is 0 Å². The van der Waals surface area contributed by atoms with Gasteiger partial charge < -0.3 is 5.32 Å². The van der Waals surface area contributed by atoms with Gasteiger partial charge in [0.05, 0.1) is 5.56 Å². The quantitative estimate of drug-likeness (QED) is 0.826. The van der Waals surface area contributed by atoms with Crippen molar-refractivity contribution in [2.45, 2.75) is 5.75 Å². The molecular weight excluding hydrogens is 264 g/mol. The van der Waals surface area contributed by atoms with Crippen molar-refractivity contribution in [3.05, 3.63) is 52.5 Å². The van der Waals surface area contributed by atoms with E-state index < -0.39 is 0 Å². The molecule has 0 radical (unpaired) electrons. The number of hydrogen-bond acceptors (Lipinski definition) is 4. The van der Waals surface area contributed by atoms with E-state index in [1.54, 1.807) is 35.9 Å². The third kappa shape index (κ3) is 4.16. The number of rotatable bonds is 6. The number of thioether (sulfide) groups is 1. The highest BCUT2D eigenvalue weighted by Gasteiger charge is 2.03. The molecule has 0 fully saturated rings. The normalized spacial score (nSPS) is 10.2. The summed E-state index contributed by atoms with van der Waals surface area (Å²) in [7, 11) is 0. The van der Waals surface area contributed by atoms with Gasteiger partial charge in [-0.2, -0.15) is 23.1 Å². The Bertz CT molecular complexity index is 471. The van der Waals surface area contributed by atoms with Gasteiger partial charge in [0.25, 0.3) is 5.91 Å². The first-order chi connectivity index (χ1) is 8.86. The Balaban J connectivity index is 1.62. The van der Waals surface area contributed by atoms with Gasteiger partial charge in [0.15, 0.2) is 0 Å². The van der Waals surface area contributed by atoms with Crippen molar-refractivity contribution in [3.8, 4) is 0 Å². The Morgan fingerprint density at radius 2 is 2.39 bits per heavy atom. The molecule has 1 N–H and O–H groups in total. The highest BCUT2D eigenvalue weighted by atomic mass is 32.2. The van der Waals surface area contributed by atoms with Crippen LogP contribution in [0.1, 0.15) is 15.9 Å². The van der Waals surface area contributed by atoms with E-state index in [1.807, 2.05) is 11.8 Å². The van der Waals surface area contributed by atoms with Gasteiger partial charge in [-0.15, -0.1) is 0 Å². The van der Waals surface area contributed by atoms with Gasteiger partial charge >= 0.3 is 0 Å². The van der Waals surface area contributed by atoms with Crippen LogP contribution in [-0.4, -0.2) is 23.2 Å². The second kappa shape index (κ2) is 7.18. The first-order valence-electron chi connectivity index (χ1n) is 5.63. The van der Waals surface area contributed by atoms with Crippen LogP contribution in [0.15, 0.2) is 41.4 Å². The number of hydrogen-bond donors (Lipinski definition) is 1. The average molecular weight is 278 g/mol. The van der Waals surface area contributed by atoms with Crippen LogP contribution in [0.25, 0.3) is 0 Å². The molecule has 0 aliphatic carbocycles. The highest BCUT2D eigenvalue weighted by Crippen LogP contribution is 2.14. The molecule has 0 aliphatic heterocycles. The summed E-state index contributed by atoms with van der Waals surface area (Å²) in [6.07, 6.45) is 3.24. The molecule has 0 saturated carbocycles. The van der Waals surface area contributed by atoms with Crippen LogP contribution >= 0.6 is 23.1 Å². The summed E-state index contributed by atoms with van der Waals surface area (Å²) in [4.78, 5) is 15.6. The topological polar surface area (TPSA) is 42.0 Å². The molecule has 0 aromatic carbocycles. The molecule has 0 bridgehead atoms. The van der Waals surface area contributed by atoms with Crippen molar-refractivity contribution in [1.82, 2.24) is 10.3 Å². The van der Waals surface area contributed by atoms with Gasteiger partial charge in [0.2, 0.25) is 0 Å². The van der Waals surface area contributed by atoms with Crippen LogP contribution in [0.5, 0.6) is 0 Å². The SMILES string of the molecule is O=C(NCCSCc1ccsc1)c1cccnc1. The molecule has 0 atom stereocenters. The van der Waals surface area contributed by atoms with Gasteiger partial charge in [0.1, 0.15) is 0 Å². The monoisotopic (exact) mass is 278 g/mol. The van der Waals surface area contributed by atoms with E-state index in [4.69, 9.17) is 0 Å². The predicted molar refractivity (Wildman–Crippen MR) is 77.1 cm³/mol. The number of pyridine rings is 1. The second-order valence-electron chi connectivity index (χ2n) is 3.68. The molecule has 2 aromatic heterocycles. The molecule has 0 saturated heterocycles. The highest BCUT2D eigenvalue weighted by molar-refractivity contribution is 7.98. The smallest absolute Gasteiger partial charge is 0.252 e. The van der Waals surface area contributed by atoms with E-state index in [1.165, 1.54) is 5.56 Å². The first-order valence-corrected chi connectivity index (χ1v) is 7.73. The molecule has 18 heavy (non-hydrogen) atoms. The van der Waals surface area contributed by atoms with E-state index in [2.05, 4.69) is 27.1 Å². The minimum absolute atomic E-state index is 0.0563. The number of carbonyl (C=O) groups is 1. The molecule has 0 aliphatic rings. The van der Waals surface area contributed by atoms with Gasteiger partial charge in [-0.05, 0) is 34.5 Å². The summed E-state index contributed by atoms with van der Waals surface area (Å²) in [5.41, 5.74) is 1.96. The van der Waals surface area contributed by atoms with Crippen LogP contribution in [0.3, 0.4) is 0 Å². The minimum atomic E-state index is -0.0563. The molecule has 94 valence electrons. The summed E-state index contributed by atoms with van der Waals surface area (Å²) in [6.45, 7) is 0.683. The number of nitrogens with zero attached hydrogens (tertiary/aromatic N) is 1. The van der Waals surface area contributed by atoms with Gasteiger partial charge in [0, 0.05) is 30.4 Å². The summed E-state index contributed by atoms with van der Waals surface area (Å²) in [5.74, 6) is 1.87. The van der Waals surface area contributed by atoms with Gasteiger partial charge in [-0.1, -0.05) is 0 Å².